The van der Waals surface area contributed by atoms with Crippen molar-refractivity contribution < 1.29 is 4.74 Å². The standard InChI is InChI=1S/C12H12ClN3O/c1-17-8-4-2-3-7(5-8)11-9(14)6-10(15)12(13)16-11/h2-6H,14-15H2,1H3. The smallest absolute Gasteiger partial charge is 0.152 e. The Morgan fingerprint density at radius 2 is 1.94 bits per heavy atom. The normalized spacial score (nSPS) is 10.2. The first-order valence-corrected chi connectivity index (χ1v) is 5.35. The quantitative estimate of drug-likeness (QED) is 0.803. The number of nitrogens with zero attached hydrogens (tertiary/aromatic N) is 1. The van der Waals surface area contributed by atoms with Gasteiger partial charge in [0, 0.05) is 5.56 Å². The van der Waals surface area contributed by atoms with Crippen LogP contribution in [0.15, 0.2) is 30.3 Å². The molecule has 0 aliphatic rings. The van der Waals surface area contributed by atoms with Crippen LogP contribution in [0.1, 0.15) is 0 Å². The van der Waals surface area contributed by atoms with E-state index in [1.54, 1.807) is 13.2 Å². The molecule has 88 valence electrons. The largest absolute Gasteiger partial charge is 0.497 e. The van der Waals surface area contributed by atoms with Gasteiger partial charge in [0.2, 0.25) is 0 Å². The molecule has 1 aromatic heterocycles. The monoisotopic (exact) mass is 249 g/mol. The molecule has 2 rings (SSSR count). The van der Waals surface area contributed by atoms with Gasteiger partial charge in [-0.25, -0.2) is 4.98 Å². The van der Waals surface area contributed by atoms with Gasteiger partial charge in [0.1, 0.15) is 5.75 Å². The summed E-state index contributed by atoms with van der Waals surface area (Å²) in [6.07, 6.45) is 0. The fourth-order valence-corrected chi connectivity index (χ4v) is 1.66. The zero-order valence-electron chi connectivity index (χ0n) is 9.27. The van der Waals surface area contributed by atoms with Crippen molar-refractivity contribution >= 4 is 23.0 Å². The number of ether oxygens (including phenoxy) is 1. The van der Waals surface area contributed by atoms with E-state index in [9.17, 15) is 0 Å². The van der Waals surface area contributed by atoms with Crippen molar-refractivity contribution in [3.8, 4) is 17.0 Å². The molecule has 1 aromatic carbocycles. The predicted octanol–water partition coefficient (Wildman–Crippen LogP) is 2.58. The summed E-state index contributed by atoms with van der Waals surface area (Å²) in [5.41, 5.74) is 13.8. The van der Waals surface area contributed by atoms with Crippen molar-refractivity contribution in [2.45, 2.75) is 0 Å². The first-order chi connectivity index (χ1) is 8.11. The maximum Gasteiger partial charge on any atom is 0.152 e. The van der Waals surface area contributed by atoms with Crippen molar-refractivity contribution in [3.63, 3.8) is 0 Å². The molecule has 0 saturated heterocycles. The number of hydrogen-bond donors (Lipinski definition) is 2. The van der Waals surface area contributed by atoms with Gasteiger partial charge in [-0.15, -0.1) is 0 Å². The van der Waals surface area contributed by atoms with Crippen LogP contribution in [0, 0.1) is 0 Å². The number of halogens is 1. The number of nitrogen functional groups attached to an aromatic ring is 2. The molecule has 5 heteroatoms. The van der Waals surface area contributed by atoms with Gasteiger partial charge in [-0.2, -0.15) is 0 Å². The summed E-state index contributed by atoms with van der Waals surface area (Å²) in [6.45, 7) is 0. The topological polar surface area (TPSA) is 74.2 Å². The molecule has 0 aliphatic heterocycles. The Labute approximate surface area is 104 Å². The van der Waals surface area contributed by atoms with E-state index in [0.717, 1.165) is 11.3 Å². The van der Waals surface area contributed by atoms with Gasteiger partial charge in [-0.05, 0) is 18.2 Å². The first-order valence-electron chi connectivity index (χ1n) is 4.97. The van der Waals surface area contributed by atoms with Crippen LogP contribution in [-0.2, 0) is 0 Å². The number of pyridine rings is 1. The van der Waals surface area contributed by atoms with Gasteiger partial charge >= 0.3 is 0 Å². The fraction of sp³-hybridized carbons (Fsp3) is 0.0833. The molecule has 17 heavy (non-hydrogen) atoms. The van der Waals surface area contributed by atoms with E-state index in [1.165, 1.54) is 0 Å². The Bertz CT molecular complexity index is 557. The van der Waals surface area contributed by atoms with Crippen molar-refractivity contribution in [1.82, 2.24) is 4.98 Å². The van der Waals surface area contributed by atoms with Crippen LogP contribution >= 0.6 is 11.6 Å². The maximum absolute atomic E-state index is 5.89. The molecule has 0 bridgehead atoms. The molecule has 0 saturated carbocycles. The Balaban J connectivity index is 2.56. The third kappa shape index (κ3) is 2.26. The van der Waals surface area contributed by atoms with E-state index in [-0.39, 0.29) is 5.15 Å². The van der Waals surface area contributed by atoms with Gasteiger partial charge in [0.25, 0.3) is 0 Å². The summed E-state index contributed by atoms with van der Waals surface area (Å²) in [6, 6.07) is 9.03. The lowest BCUT2D eigenvalue weighted by atomic mass is 10.1. The summed E-state index contributed by atoms with van der Waals surface area (Å²) in [5.74, 6) is 0.733. The zero-order valence-corrected chi connectivity index (χ0v) is 10.0. The highest BCUT2D eigenvalue weighted by atomic mass is 35.5. The van der Waals surface area contributed by atoms with Crippen LogP contribution in [0.4, 0.5) is 11.4 Å². The molecular formula is C12H12ClN3O. The van der Waals surface area contributed by atoms with Gasteiger partial charge < -0.3 is 16.2 Å². The van der Waals surface area contributed by atoms with E-state index in [2.05, 4.69) is 4.98 Å². The molecule has 0 atom stereocenters. The summed E-state index contributed by atoms with van der Waals surface area (Å²) in [7, 11) is 1.60. The van der Waals surface area contributed by atoms with Gasteiger partial charge in [-0.3, -0.25) is 0 Å². The van der Waals surface area contributed by atoms with Crippen LogP contribution in [0.2, 0.25) is 5.15 Å². The van der Waals surface area contributed by atoms with E-state index < -0.39 is 0 Å². The maximum atomic E-state index is 5.89. The Morgan fingerprint density at radius 1 is 1.18 bits per heavy atom. The molecule has 1 heterocycles. The minimum absolute atomic E-state index is 0.247. The highest BCUT2D eigenvalue weighted by Crippen LogP contribution is 2.30. The number of nitrogens with two attached hydrogens (primary N) is 2. The minimum atomic E-state index is 0.247. The highest BCUT2D eigenvalue weighted by molar-refractivity contribution is 6.32. The average molecular weight is 250 g/mol. The molecule has 0 aliphatic carbocycles. The molecule has 0 amide bonds. The van der Waals surface area contributed by atoms with E-state index >= 15 is 0 Å². The van der Waals surface area contributed by atoms with Crippen molar-refractivity contribution in [2.75, 3.05) is 18.6 Å². The number of hydrogen-bond acceptors (Lipinski definition) is 4. The summed E-state index contributed by atoms with van der Waals surface area (Å²) < 4.78 is 5.14. The lowest BCUT2D eigenvalue weighted by molar-refractivity contribution is 0.415. The minimum Gasteiger partial charge on any atom is -0.497 e. The number of benzene rings is 1. The molecule has 0 fully saturated rings. The first kappa shape index (κ1) is 11.5. The number of anilines is 2. The van der Waals surface area contributed by atoms with E-state index in [1.807, 2.05) is 24.3 Å². The molecule has 2 aromatic rings. The highest BCUT2D eigenvalue weighted by Gasteiger charge is 2.09. The van der Waals surface area contributed by atoms with Crippen LogP contribution in [0.25, 0.3) is 11.3 Å². The van der Waals surface area contributed by atoms with Gasteiger partial charge in [0.05, 0.1) is 24.2 Å². The van der Waals surface area contributed by atoms with Crippen molar-refractivity contribution in [1.29, 1.82) is 0 Å². The molecule has 0 spiro atoms. The summed E-state index contributed by atoms with van der Waals surface area (Å²) in [5, 5.41) is 0.247. The third-order valence-corrected chi connectivity index (χ3v) is 2.68. The zero-order chi connectivity index (χ0) is 12.4. The number of methoxy groups -OCH3 is 1. The van der Waals surface area contributed by atoms with Crippen LogP contribution < -0.4 is 16.2 Å². The predicted molar refractivity (Wildman–Crippen MR) is 70.1 cm³/mol. The molecule has 0 radical (unpaired) electrons. The SMILES string of the molecule is COc1cccc(-c2nc(Cl)c(N)cc2N)c1. The molecular weight excluding hydrogens is 238 g/mol. The van der Waals surface area contributed by atoms with Gasteiger partial charge in [-0.1, -0.05) is 23.7 Å². The van der Waals surface area contributed by atoms with Crippen molar-refractivity contribution in [3.05, 3.63) is 35.5 Å². The lowest BCUT2D eigenvalue weighted by Crippen LogP contribution is -1.98. The fourth-order valence-electron chi connectivity index (χ4n) is 1.52. The van der Waals surface area contributed by atoms with E-state index in [0.29, 0.717) is 17.1 Å². The van der Waals surface area contributed by atoms with Crippen LogP contribution in [-0.4, -0.2) is 12.1 Å². The van der Waals surface area contributed by atoms with Crippen molar-refractivity contribution in [2.24, 2.45) is 0 Å². The summed E-state index contributed by atoms with van der Waals surface area (Å²) in [4.78, 5) is 4.18. The Morgan fingerprint density at radius 3 is 2.65 bits per heavy atom. The third-order valence-electron chi connectivity index (χ3n) is 2.38. The molecule has 0 unspecified atom stereocenters. The Kier molecular flexibility index (Phi) is 3.06. The second kappa shape index (κ2) is 4.51. The average Bonchev–Trinajstić information content (AvgIpc) is 2.34. The van der Waals surface area contributed by atoms with Gasteiger partial charge in [0.15, 0.2) is 5.15 Å². The second-order valence-corrected chi connectivity index (χ2v) is 3.90. The summed E-state index contributed by atoms with van der Waals surface area (Å²) >= 11 is 5.89. The second-order valence-electron chi connectivity index (χ2n) is 3.54. The molecule has 4 nitrogen and oxygen atoms in total. The van der Waals surface area contributed by atoms with E-state index in [4.69, 9.17) is 27.8 Å². The van der Waals surface area contributed by atoms with Crippen LogP contribution in [0.5, 0.6) is 5.75 Å². The number of aromatic nitrogens is 1. The van der Waals surface area contributed by atoms with Crippen LogP contribution in [0.3, 0.4) is 0 Å². The lowest BCUT2D eigenvalue weighted by Gasteiger charge is -2.08. The molecule has 4 N–H and O–H groups in total. The number of rotatable bonds is 2. The Hall–Kier alpha value is -1.94.